The van der Waals surface area contributed by atoms with Gasteiger partial charge in [-0.15, -0.1) is 0 Å². The first-order chi connectivity index (χ1) is 16.0. The number of pyridine rings is 1. The Hall–Kier alpha value is -4.46. The second-order valence-electron chi connectivity index (χ2n) is 7.27. The highest BCUT2D eigenvalue weighted by atomic mass is 16.5. The molecule has 0 atom stereocenters. The molecule has 2 aromatic carbocycles. The number of anilines is 1. The molecule has 1 amide bonds. The van der Waals surface area contributed by atoms with Crippen LogP contribution in [-0.4, -0.2) is 33.9 Å². The van der Waals surface area contributed by atoms with E-state index in [-0.39, 0.29) is 12.2 Å². The average Bonchev–Trinajstić information content (AvgIpc) is 3.20. The van der Waals surface area contributed by atoms with Gasteiger partial charge in [-0.05, 0) is 42.3 Å². The number of nitrogens with one attached hydrogen (secondary N) is 1. The normalized spacial score (nSPS) is 10.6. The van der Waals surface area contributed by atoms with Crippen molar-refractivity contribution in [3.05, 3.63) is 89.9 Å². The summed E-state index contributed by atoms with van der Waals surface area (Å²) >= 11 is 0. The van der Waals surface area contributed by atoms with E-state index >= 15 is 0 Å². The number of carboxylic acids is 1. The van der Waals surface area contributed by atoms with Gasteiger partial charge in [0.15, 0.2) is 5.76 Å². The molecule has 33 heavy (non-hydrogen) atoms. The van der Waals surface area contributed by atoms with Crippen molar-refractivity contribution in [2.24, 2.45) is 0 Å². The fourth-order valence-electron chi connectivity index (χ4n) is 3.29. The summed E-state index contributed by atoms with van der Waals surface area (Å²) in [7, 11) is 0. The number of benzene rings is 2. The highest BCUT2D eigenvalue weighted by molar-refractivity contribution is 5.91. The van der Waals surface area contributed by atoms with Crippen molar-refractivity contribution in [1.29, 1.82) is 0 Å². The number of ether oxygens (including phenoxy) is 1. The van der Waals surface area contributed by atoms with Crippen LogP contribution in [0.1, 0.15) is 21.7 Å². The Bertz CT molecular complexity index is 1270. The zero-order valence-corrected chi connectivity index (χ0v) is 17.8. The van der Waals surface area contributed by atoms with Gasteiger partial charge in [-0.25, -0.2) is 9.59 Å². The molecule has 0 aliphatic carbocycles. The molecule has 0 radical (unpaired) electrons. The summed E-state index contributed by atoms with van der Waals surface area (Å²) in [6.07, 6.45) is 1.59. The standard InChI is InChI=1S/C25H21N3O5/c1-16-22(27-25(31)32-14-12-21-7-2-3-13-26-21)23(33-28-16)18-10-8-17(9-11-18)19-5-4-6-20(15-19)24(29)30/h2-11,13,15H,12,14H2,1H3,(H,27,31)(H,29,30). The lowest BCUT2D eigenvalue weighted by Gasteiger charge is -2.08. The molecule has 0 fully saturated rings. The van der Waals surface area contributed by atoms with Crippen molar-refractivity contribution in [3.63, 3.8) is 0 Å². The van der Waals surface area contributed by atoms with E-state index in [1.165, 1.54) is 0 Å². The Kier molecular flexibility index (Phi) is 6.45. The summed E-state index contributed by atoms with van der Waals surface area (Å²) in [6, 6.07) is 19.6. The van der Waals surface area contributed by atoms with Gasteiger partial charge in [-0.2, -0.15) is 0 Å². The monoisotopic (exact) mass is 443 g/mol. The third kappa shape index (κ3) is 5.24. The van der Waals surface area contributed by atoms with Crippen molar-refractivity contribution < 1.29 is 24.0 Å². The van der Waals surface area contributed by atoms with Crippen molar-refractivity contribution in [1.82, 2.24) is 10.1 Å². The first-order valence-electron chi connectivity index (χ1n) is 10.3. The minimum Gasteiger partial charge on any atom is -0.478 e. The molecule has 0 unspecified atom stereocenters. The van der Waals surface area contributed by atoms with Crippen LogP contribution in [0.4, 0.5) is 10.5 Å². The molecule has 0 aliphatic heterocycles. The lowest BCUT2D eigenvalue weighted by Crippen LogP contribution is -2.16. The minimum atomic E-state index is -0.978. The zero-order chi connectivity index (χ0) is 23.2. The van der Waals surface area contributed by atoms with Gasteiger partial charge in [-0.1, -0.05) is 47.6 Å². The smallest absolute Gasteiger partial charge is 0.411 e. The number of rotatable bonds is 7. The number of carbonyl (C=O) groups is 2. The van der Waals surface area contributed by atoms with Gasteiger partial charge in [0.2, 0.25) is 0 Å². The number of aromatic carboxylic acids is 1. The lowest BCUT2D eigenvalue weighted by atomic mass is 10.0. The molecular weight excluding hydrogens is 422 g/mol. The van der Waals surface area contributed by atoms with Gasteiger partial charge in [0.05, 0.1) is 12.2 Å². The number of carbonyl (C=O) groups excluding carboxylic acids is 1. The van der Waals surface area contributed by atoms with Gasteiger partial charge in [0.1, 0.15) is 11.4 Å². The number of hydrogen-bond acceptors (Lipinski definition) is 6. The molecule has 4 rings (SSSR count). The predicted molar refractivity (Wildman–Crippen MR) is 122 cm³/mol. The first kappa shape index (κ1) is 21.8. The van der Waals surface area contributed by atoms with Crippen LogP contribution in [0.25, 0.3) is 22.5 Å². The highest BCUT2D eigenvalue weighted by Gasteiger charge is 2.18. The summed E-state index contributed by atoms with van der Waals surface area (Å²) in [5, 5.41) is 15.9. The largest absolute Gasteiger partial charge is 0.478 e. The van der Waals surface area contributed by atoms with Crippen LogP contribution in [0.5, 0.6) is 0 Å². The Balaban J connectivity index is 1.45. The van der Waals surface area contributed by atoms with Crippen LogP contribution in [0, 0.1) is 6.92 Å². The fraction of sp³-hybridized carbons (Fsp3) is 0.120. The molecule has 8 nitrogen and oxygen atoms in total. The molecule has 2 heterocycles. The average molecular weight is 443 g/mol. The van der Waals surface area contributed by atoms with E-state index in [1.54, 1.807) is 31.3 Å². The highest BCUT2D eigenvalue weighted by Crippen LogP contribution is 2.32. The van der Waals surface area contributed by atoms with Crippen LogP contribution in [-0.2, 0) is 11.2 Å². The molecule has 4 aromatic rings. The van der Waals surface area contributed by atoms with Crippen LogP contribution < -0.4 is 5.32 Å². The number of carboxylic acid groups (broad SMARTS) is 1. The minimum absolute atomic E-state index is 0.187. The predicted octanol–water partition coefficient (Wildman–Crippen LogP) is 5.20. The third-order valence-corrected chi connectivity index (χ3v) is 5.00. The molecule has 0 saturated heterocycles. The molecule has 0 saturated carbocycles. The SMILES string of the molecule is Cc1noc(-c2ccc(-c3cccc(C(=O)O)c3)cc2)c1NC(=O)OCCc1ccccn1. The number of amides is 1. The second-order valence-corrected chi connectivity index (χ2v) is 7.27. The molecule has 166 valence electrons. The molecule has 2 aromatic heterocycles. The van der Waals surface area contributed by atoms with Gasteiger partial charge < -0.3 is 14.4 Å². The van der Waals surface area contributed by atoms with Crippen LogP contribution in [0.3, 0.4) is 0 Å². The maximum atomic E-state index is 12.3. The molecule has 8 heteroatoms. The number of aryl methyl sites for hydroxylation is 1. The summed E-state index contributed by atoms with van der Waals surface area (Å²) < 4.78 is 10.7. The molecule has 0 bridgehead atoms. The van der Waals surface area contributed by atoms with Crippen molar-refractivity contribution in [3.8, 4) is 22.5 Å². The summed E-state index contributed by atoms with van der Waals surface area (Å²) in [6.45, 7) is 1.91. The topological polar surface area (TPSA) is 115 Å². The molecule has 0 aliphatic rings. The van der Waals surface area contributed by atoms with Gasteiger partial charge in [0.25, 0.3) is 0 Å². The Morgan fingerprint density at radius 1 is 1.00 bits per heavy atom. The van der Waals surface area contributed by atoms with Crippen LogP contribution in [0.2, 0.25) is 0 Å². The molecular formula is C25H21N3O5. The van der Waals surface area contributed by atoms with Gasteiger partial charge >= 0.3 is 12.1 Å². The summed E-state index contributed by atoms with van der Waals surface area (Å²) in [5.74, 6) is -0.576. The van der Waals surface area contributed by atoms with Crippen LogP contribution >= 0.6 is 0 Å². The number of aromatic nitrogens is 2. The van der Waals surface area contributed by atoms with Crippen molar-refractivity contribution >= 4 is 17.7 Å². The van der Waals surface area contributed by atoms with E-state index in [1.807, 2.05) is 48.5 Å². The van der Waals surface area contributed by atoms with E-state index in [0.29, 0.717) is 29.1 Å². The van der Waals surface area contributed by atoms with E-state index < -0.39 is 12.1 Å². The van der Waals surface area contributed by atoms with Crippen molar-refractivity contribution in [2.45, 2.75) is 13.3 Å². The number of nitrogens with zero attached hydrogens (tertiary/aromatic N) is 2. The second kappa shape index (κ2) is 9.78. The maximum absolute atomic E-state index is 12.3. The van der Waals surface area contributed by atoms with E-state index in [4.69, 9.17) is 9.26 Å². The summed E-state index contributed by atoms with van der Waals surface area (Å²) in [4.78, 5) is 27.7. The van der Waals surface area contributed by atoms with E-state index in [9.17, 15) is 14.7 Å². The Labute approximate surface area is 189 Å². The third-order valence-electron chi connectivity index (χ3n) is 5.00. The Morgan fingerprint density at radius 3 is 2.52 bits per heavy atom. The maximum Gasteiger partial charge on any atom is 0.411 e. The van der Waals surface area contributed by atoms with Gasteiger partial charge in [-0.3, -0.25) is 10.3 Å². The summed E-state index contributed by atoms with van der Waals surface area (Å²) in [5.41, 5.74) is 4.34. The van der Waals surface area contributed by atoms with Gasteiger partial charge in [0, 0.05) is 23.9 Å². The number of hydrogen-bond donors (Lipinski definition) is 2. The molecule has 0 spiro atoms. The van der Waals surface area contributed by atoms with Crippen molar-refractivity contribution in [2.75, 3.05) is 11.9 Å². The van der Waals surface area contributed by atoms with E-state index in [0.717, 1.165) is 16.8 Å². The molecule has 2 N–H and O–H groups in total. The van der Waals surface area contributed by atoms with E-state index in [2.05, 4.69) is 15.5 Å². The Morgan fingerprint density at radius 2 is 1.79 bits per heavy atom. The van der Waals surface area contributed by atoms with Crippen LogP contribution in [0.15, 0.2) is 77.4 Å². The quantitative estimate of drug-likeness (QED) is 0.403. The zero-order valence-electron chi connectivity index (χ0n) is 17.8. The lowest BCUT2D eigenvalue weighted by molar-refractivity contribution is 0.0697. The first-order valence-corrected chi connectivity index (χ1v) is 10.3. The fourth-order valence-corrected chi connectivity index (χ4v) is 3.29.